The van der Waals surface area contributed by atoms with E-state index in [2.05, 4.69) is 66.7 Å². The van der Waals surface area contributed by atoms with Crippen LogP contribution < -0.4 is 0 Å². The van der Waals surface area contributed by atoms with E-state index in [1.807, 2.05) is 92.7 Å². The Morgan fingerprint density at radius 3 is 1.67 bits per heavy atom. The molecule has 0 aliphatic rings. The summed E-state index contributed by atoms with van der Waals surface area (Å²) in [6.45, 7) is 6.06. The Morgan fingerprint density at radius 2 is 1.07 bits per heavy atom. The summed E-state index contributed by atoms with van der Waals surface area (Å²) < 4.78 is 32.3. The molecule has 0 aliphatic heterocycles. The molecule has 0 radical (unpaired) electrons. The number of hydrogen-bond acceptors (Lipinski definition) is 5. The molecule has 0 spiro atoms. The van der Waals surface area contributed by atoms with Gasteiger partial charge in [-0.3, -0.25) is 0 Å². The number of allylic oxidation sites excluding steroid dienone is 1. The molecular formula is C41H44O5. The molecule has 0 aliphatic carbocycles. The molecule has 0 amide bonds. The molecule has 0 saturated heterocycles. The minimum atomic E-state index is -0.680. The van der Waals surface area contributed by atoms with Crippen LogP contribution >= 0.6 is 0 Å². The Hall–Kier alpha value is -4.10. The first-order valence-corrected chi connectivity index (χ1v) is 16.0. The second-order valence-electron chi connectivity index (χ2n) is 11.3. The minimum Gasteiger partial charge on any atom is -0.374 e. The van der Waals surface area contributed by atoms with Crippen LogP contribution in [0.2, 0.25) is 0 Å². The third-order valence-corrected chi connectivity index (χ3v) is 7.74. The predicted octanol–water partition coefficient (Wildman–Crippen LogP) is 9.05. The van der Waals surface area contributed by atoms with Crippen LogP contribution in [0.3, 0.4) is 0 Å². The van der Waals surface area contributed by atoms with E-state index in [9.17, 15) is 0 Å². The van der Waals surface area contributed by atoms with Gasteiger partial charge in [0.2, 0.25) is 0 Å². The highest BCUT2D eigenvalue weighted by Crippen LogP contribution is 2.21. The maximum absolute atomic E-state index is 6.80. The van der Waals surface area contributed by atoms with Gasteiger partial charge in [0, 0.05) is 0 Å². The van der Waals surface area contributed by atoms with Crippen molar-refractivity contribution in [2.24, 2.45) is 0 Å². The van der Waals surface area contributed by atoms with E-state index in [4.69, 9.17) is 23.7 Å². The summed E-state index contributed by atoms with van der Waals surface area (Å²) in [5, 5.41) is 2.37. The van der Waals surface area contributed by atoms with E-state index < -0.39 is 12.4 Å². The molecule has 5 aromatic carbocycles. The summed E-state index contributed by atoms with van der Waals surface area (Å²) in [5.74, 6) is 0. The van der Waals surface area contributed by atoms with E-state index in [1.165, 1.54) is 10.8 Å². The maximum atomic E-state index is 6.80. The van der Waals surface area contributed by atoms with Crippen molar-refractivity contribution in [1.29, 1.82) is 0 Å². The predicted molar refractivity (Wildman–Crippen MR) is 184 cm³/mol. The molecule has 5 aromatic rings. The van der Waals surface area contributed by atoms with E-state index >= 15 is 0 Å². The number of fused-ring (bicyclic) bond motifs is 1. The lowest BCUT2D eigenvalue weighted by molar-refractivity contribution is -0.229. The minimum absolute atomic E-state index is 0.265. The summed E-state index contributed by atoms with van der Waals surface area (Å²) in [4.78, 5) is 0. The lowest BCUT2D eigenvalue weighted by Crippen LogP contribution is -2.42. The Morgan fingerprint density at radius 1 is 0.543 bits per heavy atom. The molecule has 238 valence electrons. The summed E-state index contributed by atoms with van der Waals surface area (Å²) in [6.07, 6.45) is 2.12. The zero-order chi connectivity index (χ0) is 31.8. The summed E-state index contributed by atoms with van der Waals surface area (Å²) in [7, 11) is 0. The number of hydrogen-bond donors (Lipinski definition) is 0. The Balaban J connectivity index is 1.33. The fourth-order valence-electron chi connectivity index (χ4n) is 5.15. The van der Waals surface area contributed by atoms with Crippen LogP contribution in [0.1, 0.15) is 36.1 Å². The Labute approximate surface area is 273 Å². The molecule has 0 bridgehead atoms. The van der Waals surface area contributed by atoms with Crippen molar-refractivity contribution in [3.05, 3.63) is 168 Å². The quantitative estimate of drug-likeness (QED) is 0.0726. The molecule has 5 rings (SSSR count). The molecule has 0 fully saturated rings. The van der Waals surface area contributed by atoms with E-state index in [0.717, 1.165) is 22.3 Å². The fraction of sp³-hybridized carbons (Fsp3) is 0.268. The van der Waals surface area contributed by atoms with Gasteiger partial charge in [0.15, 0.2) is 6.29 Å². The average Bonchev–Trinajstić information content (AvgIpc) is 3.11. The SMILES string of the molecule is C/C=C/C(OC(COCc1ccccc1)C(C)OCc1ccccc1)[C@H](OCc1ccccc1)OCc1ccc2ccccc2c1. The topological polar surface area (TPSA) is 46.2 Å². The van der Waals surface area contributed by atoms with Crippen LogP contribution in [0.5, 0.6) is 0 Å². The van der Waals surface area contributed by atoms with Gasteiger partial charge < -0.3 is 23.7 Å². The smallest absolute Gasteiger partial charge is 0.188 e. The van der Waals surface area contributed by atoms with Crippen LogP contribution in [-0.4, -0.2) is 31.2 Å². The van der Waals surface area contributed by atoms with Gasteiger partial charge in [-0.05, 0) is 52.9 Å². The van der Waals surface area contributed by atoms with Crippen molar-refractivity contribution in [2.75, 3.05) is 6.61 Å². The number of benzene rings is 5. The van der Waals surface area contributed by atoms with Crippen LogP contribution in [0.4, 0.5) is 0 Å². The summed E-state index contributed by atoms with van der Waals surface area (Å²) in [5.41, 5.74) is 4.33. The van der Waals surface area contributed by atoms with Gasteiger partial charge in [0.1, 0.15) is 12.2 Å². The number of ether oxygens (including phenoxy) is 5. The van der Waals surface area contributed by atoms with Gasteiger partial charge in [0.25, 0.3) is 0 Å². The van der Waals surface area contributed by atoms with Crippen molar-refractivity contribution >= 4 is 10.8 Å². The average molecular weight is 617 g/mol. The third kappa shape index (κ3) is 10.5. The van der Waals surface area contributed by atoms with Crippen molar-refractivity contribution in [3.63, 3.8) is 0 Å². The van der Waals surface area contributed by atoms with Crippen molar-refractivity contribution in [1.82, 2.24) is 0 Å². The van der Waals surface area contributed by atoms with Gasteiger partial charge in [-0.25, -0.2) is 0 Å². The largest absolute Gasteiger partial charge is 0.374 e. The molecule has 46 heavy (non-hydrogen) atoms. The molecule has 0 saturated carbocycles. The monoisotopic (exact) mass is 616 g/mol. The van der Waals surface area contributed by atoms with Crippen LogP contribution in [-0.2, 0) is 50.1 Å². The standard InChI is InChI=1S/C41H44O5/c1-3-15-39(46-40(31-42-27-33-16-7-4-8-17-33)32(2)43-28-34-18-9-5-10-19-34)41(44-29-35-20-11-6-12-21-35)45-30-36-24-25-37-22-13-14-23-38(37)26-36/h3-26,32,39-41H,27-31H2,1-2H3/b15-3+/t32?,39?,40?,41-/m1/s1. The zero-order valence-corrected chi connectivity index (χ0v) is 26.7. The van der Waals surface area contributed by atoms with Crippen LogP contribution in [0.25, 0.3) is 10.8 Å². The lowest BCUT2D eigenvalue weighted by Gasteiger charge is -2.32. The summed E-state index contributed by atoms with van der Waals surface area (Å²) >= 11 is 0. The molecule has 0 aromatic heterocycles. The van der Waals surface area contributed by atoms with E-state index in [-0.39, 0.29) is 12.2 Å². The molecule has 5 nitrogen and oxygen atoms in total. The highest BCUT2D eigenvalue weighted by atomic mass is 16.7. The second-order valence-corrected chi connectivity index (χ2v) is 11.3. The molecule has 3 unspecified atom stereocenters. The molecule has 0 heterocycles. The molecule has 5 heteroatoms. The Bertz CT molecular complexity index is 1590. The molecule has 0 N–H and O–H groups in total. The second kappa shape index (κ2) is 18.1. The fourth-order valence-corrected chi connectivity index (χ4v) is 5.15. The third-order valence-electron chi connectivity index (χ3n) is 7.74. The van der Waals surface area contributed by atoms with Gasteiger partial charge in [-0.1, -0.05) is 140 Å². The lowest BCUT2D eigenvalue weighted by atomic mass is 10.1. The van der Waals surface area contributed by atoms with Crippen LogP contribution in [0.15, 0.2) is 146 Å². The van der Waals surface area contributed by atoms with Crippen molar-refractivity contribution in [3.8, 4) is 0 Å². The van der Waals surface area contributed by atoms with Gasteiger partial charge in [-0.2, -0.15) is 0 Å². The first-order chi connectivity index (χ1) is 22.7. The Kier molecular flexibility index (Phi) is 13.1. The highest BCUT2D eigenvalue weighted by molar-refractivity contribution is 5.82. The van der Waals surface area contributed by atoms with Crippen LogP contribution in [0, 0.1) is 0 Å². The molecular weight excluding hydrogens is 572 g/mol. The normalized spacial score (nSPS) is 14.3. The van der Waals surface area contributed by atoms with Crippen molar-refractivity contribution in [2.45, 2.75) is 64.9 Å². The van der Waals surface area contributed by atoms with E-state index in [0.29, 0.717) is 33.0 Å². The van der Waals surface area contributed by atoms with Gasteiger partial charge in [0.05, 0.1) is 39.1 Å². The maximum Gasteiger partial charge on any atom is 0.188 e. The first kappa shape index (κ1) is 33.3. The first-order valence-electron chi connectivity index (χ1n) is 16.0. The van der Waals surface area contributed by atoms with Crippen molar-refractivity contribution < 1.29 is 23.7 Å². The highest BCUT2D eigenvalue weighted by Gasteiger charge is 2.29. The van der Waals surface area contributed by atoms with E-state index in [1.54, 1.807) is 0 Å². The van der Waals surface area contributed by atoms with Gasteiger partial charge >= 0.3 is 0 Å². The number of rotatable bonds is 18. The van der Waals surface area contributed by atoms with Gasteiger partial charge in [-0.15, -0.1) is 0 Å². The summed E-state index contributed by atoms with van der Waals surface area (Å²) in [6, 6.07) is 45.1. The molecule has 4 atom stereocenters. The zero-order valence-electron chi connectivity index (χ0n) is 26.7.